The van der Waals surface area contributed by atoms with Gasteiger partial charge in [-0.3, -0.25) is 4.79 Å². The Morgan fingerprint density at radius 2 is 1.83 bits per heavy atom. The molecule has 0 fully saturated rings. The summed E-state index contributed by atoms with van der Waals surface area (Å²) in [4.78, 5) is 11.7. The number of aromatic nitrogens is 2. The molecule has 1 aromatic carbocycles. The van der Waals surface area contributed by atoms with E-state index in [0.29, 0.717) is 5.89 Å². The molecule has 1 aromatic heterocycles. The first-order valence-electron chi connectivity index (χ1n) is 6.32. The van der Waals surface area contributed by atoms with Crippen molar-refractivity contribution in [1.82, 2.24) is 15.5 Å². The molecule has 0 radical (unpaired) electrons. The number of nitrogens with zero attached hydrogens (tertiary/aromatic N) is 2. The van der Waals surface area contributed by atoms with Crippen molar-refractivity contribution in [2.24, 2.45) is 0 Å². The van der Waals surface area contributed by atoms with Crippen molar-refractivity contribution in [1.29, 1.82) is 0 Å². The number of halogens is 5. The Balaban J connectivity index is 2.07. The second-order valence-electron chi connectivity index (χ2n) is 4.53. The van der Waals surface area contributed by atoms with Gasteiger partial charge < -0.3 is 9.73 Å². The molecule has 2 rings (SSSR count). The van der Waals surface area contributed by atoms with E-state index >= 15 is 0 Å². The maximum Gasteiger partial charge on any atom is 0.416 e. The van der Waals surface area contributed by atoms with Crippen molar-refractivity contribution in [3.63, 3.8) is 0 Å². The molecule has 0 aliphatic heterocycles. The van der Waals surface area contributed by atoms with Crippen molar-refractivity contribution in [3.05, 3.63) is 46.7 Å². The molecule has 0 atom stereocenters. The lowest BCUT2D eigenvalue weighted by molar-refractivity contribution is -0.138. The number of rotatable bonds is 4. The second-order valence-corrected chi connectivity index (χ2v) is 4.53. The molecule has 0 saturated carbocycles. The molecule has 5 nitrogen and oxygen atoms in total. The Bertz CT molecular complexity index is 704. The lowest BCUT2D eigenvalue weighted by Gasteiger charge is -2.10. The van der Waals surface area contributed by atoms with Crippen LogP contribution in [-0.2, 0) is 12.6 Å². The summed E-state index contributed by atoms with van der Waals surface area (Å²) < 4.78 is 69.5. The molecular weight excluding hydrogens is 325 g/mol. The van der Waals surface area contributed by atoms with E-state index in [1.54, 1.807) is 6.92 Å². The van der Waals surface area contributed by atoms with E-state index in [1.807, 2.05) is 0 Å². The third kappa shape index (κ3) is 4.02. The topological polar surface area (TPSA) is 68.0 Å². The van der Waals surface area contributed by atoms with Gasteiger partial charge >= 0.3 is 6.18 Å². The van der Waals surface area contributed by atoms with E-state index in [0.717, 1.165) is 0 Å². The van der Waals surface area contributed by atoms with Crippen LogP contribution in [0.3, 0.4) is 0 Å². The molecular formula is C13H10F5N3O2. The largest absolute Gasteiger partial charge is 0.426 e. The number of hydrogen-bond acceptors (Lipinski definition) is 4. The van der Waals surface area contributed by atoms with Crippen LogP contribution in [0.25, 0.3) is 0 Å². The van der Waals surface area contributed by atoms with Gasteiger partial charge in [0.25, 0.3) is 5.91 Å². The minimum absolute atomic E-state index is 0.0688. The maximum atomic E-state index is 13.6. The standard InChI is InChI=1S/C13H10F5N3O2/c1-6-20-21-10(23-6)2-3-19-12(22)11-8(14)4-7(5-9(11)15)13(16,17)18/h4-5H,2-3H2,1H3,(H,19,22). The van der Waals surface area contributed by atoms with Crippen molar-refractivity contribution in [2.75, 3.05) is 6.54 Å². The summed E-state index contributed by atoms with van der Waals surface area (Å²) >= 11 is 0. The van der Waals surface area contributed by atoms with E-state index in [2.05, 4.69) is 15.5 Å². The average Bonchev–Trinajstić information content (AvgIpc) is 2.82. The van der Waals surface area contributed by atoms with Gasteiger partial charge in [-0.25, -0.2) is 8.78 Å². The normalized spacial score (nSPS) is 11.6. The number of carbonyl (C=O) groups excluding carboxylic acids is 1. The third-order valence-electron chi connectivity index (χ3n) is 2.79. The fourth-order valence-electron chi connectivity index (χ4n) is 1.76. The minimum atomic E-state index is -4.91. The van der Waals surface area contributed by atoms with Crippen LogP contribution in [-0.4, -0.2) is 22.6 Å². The molecule has 1 N–H and O–H groups in total. The summed E-state index contributed by atoms with van der Waals surface area (Å²) in [5.74, 6) is -3.85. The summed E-state index contributed by atoms with van der Waals surface area (Å²) in [6.07, 6.45) is -4.80. The molecule has 124 valence electrons. The Morgan fingerprint density at radius 1 is 1.22 bits per heavy atom. The monoisotopic (exact) mass is 335 g/mol. The third-order valence-corrected chi connectivity index (χ3v) is 2.79. The molecule has 10 heteroatoms. The van der Waals surface area contributed by atoms with Crippen LogP contribution in [0.5, 0.6) is 0 Å². The number of benzene rings is 1. The van der Waals surface area contributed by atoms with Gasteiger partial charge in [0.1, 0.15) is 17.2 Å². The lowest BCUT2D eigenvalue weighted by atomic mass is 10.1. The molecule has 23 heavy (non-hydrogen) atoms. The lowest BCUT2D eigenvalue weighted by Crippen LogP contribution is -2.28. The molecule has 0 bridgehead atoms. The van der Waals surface area contributed by atoms with Crippen molar-refractivity contribution in [2.45, 2.75) is 19.5 Å². The quantitative estimate of drug-likeness (QED) is 0.872. The van der Waals surface area contributed by atoms with Crippen LogP contribution in [0, 0.1) is 18.6 Å². The smallest absolute Gasteiger partial charge is 0.416 e. The highest BCUT2D eigenvalue weighted by Crippen LogP contribution is 2.31. The Kier molecular flexibility index (Phi) is 4.62. The van der Waals surface area contributed by atoms with E-state index in [9.17, 15) is 26.7 Å². The number of aryl methyl sites for hydroxylation is 1. The van der Waals surface area contributed by atoms with Gasteiger partial charge in [0.05, 0.1) is 5.56 Å². The van der Waals surface area contributed by atoms with E-state index < -0.39 is 34.8 Å². The van der Waals surface area contributed by atoms with E-state index in [1.165, 1.54) is 0 Å². The van der Waals surface area contributed by atoms with Crippen LogP contribution in [0.1, 0.15) is 27.7 Å². The van der Waals surface area contributed by atoms with Crippen LogP contribution < -0.4 is 5.32 Å². The van der Waals surface area contributed by atoms with E-state index in [-0.39, 0.29) is 31.0 Å². The van der Waals surface area contributed by atoms with Gasteiger partial charge in [-0.15, -0.1) is 10.2 Å². The highest BCUT2D eigenvalue weighted by molar-refractivity contribution is 5.94. The SMILES string of the molecule is Cc1nnc(CCNC(=O)c2c(F)cc(C(F)(F)F)cc2F)o1. The number of amides is 1. The molecule has 0 unspecified atom stereocenters. The van der Waals surface area contributed by atoms with Crippen molar-refractivity contribution >= 4 is 5.91 Å². The Morgan fingerprint density at radius 3 is 2.30 bits per heavy atom. The van der Waals surface area contributed by atoms with Crippen LogP contribution in [0.15, 0.2) is 16.5 Å². The Hall–Kier alpha value is -2.52. The summed E-state index contributed by atoms with van der Waals surface area (Å²) in [6.45, 7) is 1.47. The van der Waals surface area contributed by atoms with Gasteiger partial charge in [0.2, 0.25) is 11.8 Å². The zero-order chi connectivity index (χ0) is 17.2. The number of hydrogen-bond donors (Lipinski definition) is 1. The molecule has 0 saturated heterocycles. The van der Waals surface area contributed by atoms with Gasteiger partial charge in [-0.2, -0.15) is 13.2 Å². The van der Waals surface area contributed by atoms with Gasteiger partial charge in [-0.1, -0.05) is 0 Å². The van der Waals surface area contributed by atoms with Gasteiger partial charge in [0.15, 0.2) is 0 Å². The number of alkyl halides is 3. The van der Waals surface area contributed by atoms with Crippen molar-refractivity contribution in [3.8, 4) is 0 Å². The maximum absolute atomic E-state index is 13.6. The highest BCUT2D eigenvalue weighted by Gasteiger charge is 2.33. The molecule has 0 spiro atoms. The minimum Gasteiger partial charge on any atom is -0.426 e. The second kappa shape index (κ2) is 6.31. The summed E-state index contributed by atoms with van der Waals surface area (Å²) in [7, 11) is 0. The first-order valence-corrected chi connectivity index (χ1v) is 6.32. The van der Waals surface area contributed by atoms with Gasteiger partial charge in [-0.05, 0) is 12.1 Å². The van der Waals surface area contributed by atoms with Crippen LogP contribution in [0.4, 0.5) is 22.0 Å². The summed E-state index contributed by atoms with van der Waals surface area (Å²) in [6, 6.07) is 0.138. The van der Waals surface area contributed by atoms with Gasteiger partial charge in [0, 0.05) is 19.9 Å². The number of nitrogens with one attached hydrogen (secondary N) is 1. The summed E-state index contributed by atoms with van der Waals surface area (Å²) in [5, 5.41) is 9.36. The number of carbonyl (C=O) groups is 1. The van der Waals surface area contributed by atoms with Crippen LogP contribution in [0.2, 0.25) is 0 Å². The van der Waals surface area contributed by atoms with Crippen molar-refractivity contribution < 1.29 is 31.2 Å². The zero-order valence-electron chi connectivity index (χ0n) is 11.7. The van der Waals surface area contributed by atoms with Crippen LogP contribution >= 0.6 is 0 Å². The fourth-order valence-corrected chi connectivity index (χ4v) is 1.76. The predicted octanol–water partition coefficient (Wildman–Crippen LogP) is 2.65. The fraction of sp³-hybridized carbons (Fsp3) is 0.308. The molecule has 1 amide bonds. The average molecular weight is 335 g/mol. The Labute approximate surface area is 126 Å². The first kappa shape index (κ1) is 16.8. The molecule has 1 heterocycles. The first-order chi connectivity index (χ1) is 10.7. The zero-order valence-corrected chi connectivity index (χ0v) is 11.7. The molecule has 0 aliphatic rings. The van der Waals surface area contributed by atoms with E-state index in [4.69, 9.17) is 4.42 Å². The molecule has 0 aliphatic carbocycles. The summed E-state index contributed by atoms with van der Waals surface area (Å²) in [5.41, 5.74) is -2.59. The predicted molar refractivity (Wildman–Crippen MR) is 66.4 cm³/mol. The molecule has 2 aromatic rings. The highest BCUT2D eigenvalue weighted by atomic mass is 19.4.